The van der Waals surface area contributed by atoms with Crippen molar-refractivity contribution >= 4 is 5.91 Å². The van der Waals surface area contributed by atoms with Crippen LogP contribution in [0.1, 0.15) is 57.9 Å². The fraction of sp³-hybridized carbons (Fsp3) is 0.632. The molecule has 0 bridgehead atoms. The lowest BCUT2D eigenvalue weighted by molar-refractivity contribution is -0.128. The fourth-order valence-electron chi connectivity index (χ4n) is 3.68. The Kier molecular flexibility index (Phi) is 6.01. The van der Waals surface area contributed by atoms with E-state index >= 15 is 0 Å². The van der Waals surface area contributed by atoms with Crippen molar-refractivity contribution in [1.82, 2.24) is 5.32 Å². The molecule has 1 saturated carbocycles. The van der Waals surface area contributed by atoms with Crippen molar-refractivity contribution < 1.29 is 9.90 Å². The molecule has 0 aliphatic heterocycles. The van der Waals surface area contributed by atoms with E-state index in [0.29, 0.717) is 5.92 Å². The van der Waals surface area contributed by atoms with Gasteiger partial charge in [-0.1, -0.05) is 44.2 Å². The molecule has 0 saturated heterocycles. The lowest BCUT2D eigenvalue weighted by atomic mass is 9.74. The Labute approximate surface area is 134 Å². The van der Waals surface area contributed by atoms with Crippen LogP contribution in [0, 0.1) is 5.92 Å². The SMILES string of the molecule is CCC(CC)(C(=O)NC1CCC(CO)CC1)c1ccccc1. The highest BCUT2D eigenvalue weighted by Crippen LogP contribution is 2.33. The summed E-state index contributed by atoms with van der Waals surface area (Å²) in [7, 11) is 0. The molecule has 3 heteroatoms. The summed E-state index contributed by atoms with van der Waals surface area (Å²) in [5, 5.41) is 12.5. The number of carbonyl (C=O) groups is 1. The van der Waals surface area contributed by atoms with Crippen molar-refractivity contribution in [2.45, 2.75) is 63.8 Å². The van der Waals surface area contributed by atoms with E-state index in [-0.39, 0.29) is 18.6 Å². The highest BCUT2D eigenvalue weighted by atomic mass is 16.3. The molecule has 1 aliphatic carbocycles. The van der Waals surface area contributed by atoms with Crippen molar-refractivity contribution in [3.8, 4) is 0 Å². The molecule has 0 spiro atoms. The van der Waals surface area contributed by atoms with Crippen LogP contribution in [-0.4, -0.2) is 23.7 Å². The van der Waals surface area contributed by atoms with Gasteiger partial charge in [0.2, 0.25) is 5.91 Å². The van der Waals surface area contributed by atoms with E-state index in [1.165, 1.54) is 0 Å². The molecule has 0 unspecified atom stereocenters. The Balaban J connectivity index is 2.08. The summed E-state index contributed by atoms with van der Waals surface area (Å²) < 4.78 is 0. The van der Waals surface area contributed by atoms with Crippen LogP contribution in [0.15, 0.2) is 30.3 Å². The molecular weight excluding hydrogens is 274 g/mol. The van der Waals surface area contributed by atoms with Crippen LogP contribution in [0.5, 0.6) is 0 Å². The van der Waals surface area contributed by atoms with Crippen molar-refractivity contribution in [2.75, 3.05) is 6.61 Å². The first kappa shape index (κ1) is 17.0. The van der Waals surface area contributed by atoms with Gasteiger partial charge in [0.25, 0.3) is 0 Å². The van der Waals surface area contributed by atoms with Gasteiger partial charge >= 0.3 is 0 Å². The minimum absolute atomic E-state index is 0.163. The minimum Gasteiger partial charge on any atom is -0.396 e. The average molecular weight is 303 g/mol. The molecule has 1 fully saturated rings. The first-order valence-electron chi connectivity index (χ1n) is 8.63. The quantitative estimate of drug-likeness (QED) is 0.846. The Morgan fingerprint density at radius 1 is 1.14 bits per heavy atom. The van der Waals surface area contributed by atoms with Crippen LogP contribution in [-0.2, 0) is 10.2 Å². The molecular formula is C19H29NO2. The number of hydrogen-bond acceptors (Lipinski definition) is 2. The second-order valence-electron chi connectivity index (χ2n) is 6.53. The first-order valence-corrected chi connectivity index (χ1v) is 8.63. The Hall–Kier alpha value is -1.35. The Morgan fingerprint density at radius 3 is 2.23 bits per heavy atom. The second-order valence-corrected chi connectivity index (χ2v) is 6.53. The molecule has 0 aromatic heterocycles. The number of hydrogen-bond donors (Lipinski definition) is 2. The van der Waals surface area contributed by atoms with E-state index < -0.39 is 5.41 Å². The summed E-state index contributed by atoms with van der Waals surface area (Å²) in [6, 6.07) is 10.4. The molecule has 22 heavy (non-hydrogen) atoms. The van der Waals surface area contributed by atoms with Crippen molar-refractivity contribution in [3.05, 3.63) is 35.9 Å². The van der Waals surface area contributed by atoms with Gasteiger partial charge in [-0.15, -0.1) is 0 Å². The van der Waals surface area contributed by atoms with Gasteiger partial charge in [-0.3, -0.25) is 4.79 Å². The predicted molar refractivity (Wildman–Crippen MR) is 89.7 cm³/mol. The standard InChI is InChI=1S/C19H29NO2/c1-3-19(4-2,16-8-6-5-7-9-16)18(22)20-17-12-10-15(14-21)11-13-17/h5-9,15,17,21H,3-4,10-14H2,1-2H3,(H,20,22). The van der Waals surface area contributed by atoms with E-state index in [1.807, 2.05) is 18.2 Å². The van der Waals surface area contributed by atoms with Crippen LogP contribution in [0.25, 0.3) is 0 Å². The van der Waals surface area contributed by atoms with Gasteiger partial charge in [0, 0.05) is 12.6 Å². The van der Waals surface area contributed by atoms with E-state index in [0.717, 1.165) is 44.1 Å². The first-order chi connectivity index (χ1) is 10.7. The third-order valence-electron chi connectivity index (χ3n) is 5.41. The number of aliphatic hydroxyl groups excluding tert-OH is 1. The zero-order valence-electron chi connectivity index (χ0n) is 13.8. The van der Waals surface area contributed by atoms with Crippen LogP contribution in [0.4, 0.5) is 0 Å². The number of rotatable bonds is 6. The molecule has 1 amide bonds. The van der Waals surface area contributed by atoms with Crippen molar-refractivity contribution in [3.63, 3.8) is 0 Å². The molecule has 1 aliphatic rings. The van der Waals surface area contributed by atoms with Crippen LogP contribution in [0.2, 0.25) is 0 Å². The molecule has 3 nitrogen and oxygen atoms in total. The van der Waals surface area contributed by atoms with E-state index in [1.54, 1.807) is 0 Å². The van der Waals surface area contributed by atoms with E-state index in [4.69, 9.17) is 0 Å². The lowest BCUT2D eigenvalue weighted by Gasteiger charge is -2.35. The second kappa shape index (κ2) is 7.77. The minimum atomic E-state index is -0.422. The maximum atomic E-state index is 13.0. The fourth-order valence-corrected chi connectivity index (χ4v) is 3.68. The van der Waals surface area contributed by atoms with Crippen LogP contribution in [0.3, 0.4) is 0 Å². The summed E-state index contributed by atoms with van der Waals surface area (Å²) in [5.41, 5.74) is 0.691. The van der Waals surface area contributed by atoms with Gasteiger partial charge in [-0.25, -0.2) is 0 Å². The number of nitrogens with one attached hydrogen (secondary N) is 1. The van der Waals surface area contributed by atoms with E-state index in [2.05, 4.69) is 31.3 Å². The zero-order chi connectivity index (χ0) is 16.0. The Bertz CT molecular complexity index is 460. The normalized spacial score (nSPS) is 22.3. The zero-order valence-corrected chi connectivity index (χ0v) is 13.8. The third kappa shape index (κ3) is 3.52. The van der Waals surface area contributed by atoms with Gasteiger partial charge in [-0.05, 0) is 50.0 Å². The van der Waals surface area contributed by atoms with E-state index in [9.17, 15) is 9.90 Å². The highest BCUT2D eigenvalue weighted by molar-refractivity contribution is 5.88. The third-order valence-corrected chi connectivity index (χ3v) is 5.41. The molecule has 1 aromatic carbocycles. The molecule has 0 radical (unpaired) electrons. The van der Waals surface area contributed by atoms with Gasteiger partial charge < -0.3 is 10.4 Å². The summed E-state index contributed by atoms with van der Waals surface area (Å²) in [6.45, 7) is 4.47. The molecule has 2 N–H and O–H groups in total. The highest BCUT2D eigenvalue weighted by Gasteiger charge is 2.37. The topological polar surface area (TPSA) is 49.3 Å². The van der Waals surface area contributed by atoms with Gasteiger partial charge in [-0.2, -0.15) is 0 Å². The Morgan fingerprint density at radius 2 is 1.73 bits per heavy atom. The average Bonchev–Trinajstić information content (AvgIpc) is 2.58. The monoisotopic (exact) mass is 303 g/mol. The smallest absolute Gasteiger partial charge is 0.230 e. The number of benzene rings is 1. The molecule has 2 rings (SSSR count). The largest absolute Gasteiger partial charge is 0.396 e. The molecule has 1 aromatic rings. The number of aliphatic hydroxyl groups is 1. The summed E-state index contributed by atoms with van der Waals surface area (Å²) in [5.74, 6) is 0.584. The molecule has 122 valence electrons. The summed E-state index contributed by atoms with van der Waals surface area (Å²) in [4.78, 5) is 13.0. The van der Waals surface area contributed by atoms with Crippen LogP contribution >= 0.6 is 0 Å². The maximum absolute atomic E-state index is 13.0. The van der Waals surface area contributed by atoms with Crippen molar-refractivity contribution in [1.29, 1.82) is 0 Å². The van der Waals surface area contributed by atoms with Crippen LogP contribution < -0.4 is 5.32 Å². The van der Waals surface area contributed by atoms with Gasteiger partial charge in [0.05, 0.1) is 5.41 Å². The predicted octanol–water partition coefficient (Wildman–Crippen LogP) is 3.41. The lowest BCUT2D eigenvalue weighted by Crippen LogP contribution is -2.48. The molecule has 0 atom stereocenters. The summed E-state index contributed by atoms with van der Waals surface area (Å²) >= 11 is 0. The van der Waals surface area contributed by atoms with Gasteiger partial charge in [0.15, 0.2) is 0 Å². The van der Waals surface area contributed by atoms with Crippen molar-refractivity contribution in [2.24, 2.45) is 5.92 Å². The number of amides is 1. The molecule has 0 heterocycles. The summed E-state index contributed by atoms with van der Waals surface area (Å²) in [6.07, 6.45) is 5.61. The number of carbonyl (C=O) groups excluding carboxylic acids is 1. The van der Waals surface area contributed by atoms with Gasteiger partial charge in [0.1, 0.15) is 0 Å². The maximum Gasteiger partial charge on any atom is 0.230 e.